The highest BCUT2D eigenvalue weighted by atomic mass is 16.2. The van der Waals surface area contributed by atoms with Gasteiger partial charge in [0.25, 0.3) is 0 Å². The number of amides is 2. The first-order valence-electron chi connectivity index (χ1n) is 9.16. The van der Waals surface area contributed by atoms with E-state index in [2.05, 4.69) is 52.0 Å². The van der Waals surface area contributed by atoms with E-state index in [0.29, 0.717) is 32.1 Å². The van der Waals surface area contributed by atoms with Crippen LogP contribution in [0.25, 0.3) is 5.57 Å². The molecule has 1 aliphatic rings. The Bertz CT molecular complexity index is 636. The van der Waals surface area contributed by atoms with Gasteiger partial charge in [0, 0.05) is 39.2 Å². The summed E-state index contributed by atoms with van der Waals surface area (Å²) >= 11 is 0. The van der Waals surface area contributed by atoms with E-state index in [1.165, 1.54) is 5.56 Å². The van der Waals surface area contributed by atoms with Crippen molar-refractivity contribution >= 4 is 17.4 Å². The van der Waals surface area contributed by atoms with E-state index in [0.717, 1.165) is 11.1 Å². The first-order valence-corrected chi connectivity index (χ1v) is 9.16. The molecule has 0 aliphatic carbocycles. The largest absolute Gasteiger partial charge is 0.339 e. The molecule has 1 aromatic carbocycles. The maximum atomic E-state index is 12.7. The van der Waals surface area contributed by atoms with Crippen LogP contribution in [0.2, 0.25) is 0 Å². The van der Waals surface area contributed by atoms with E-state index < -0.39 is 0 Å². The molecule has 0 radical (unpaired) electrons. The molecular weight excluding hydrogens is 312 g/mol. The minimum atomic E-state index is 0.0415. The third-order valence-electron chi connectivity index (χ3n) is 4.85. The van der Waals surface area contributed by atoms with Crippen molar-refractivity contribution in [1.82, 2.24) is 9.80 Å². The van der Waals surface area contributed by atoms with E-state index in [9.17, 15) is 9.59 Å². The third-order valence-corrected chi connectivity index (χ3v) is 4.85. The standard InChI is InChI=1S/C21H30N2O2/c1-15(2)18-6-8-19(9-7-18)20(16(3)4)14-21(25)23-12-10-22(11-13-23)17(5)24/h6-9,14-16H,10-13H2,1-5H3/b20-14+. The van der Waals surface area contributed by atoms with Gasteiger partial charge in [-0.25, -0.2) is 0 Å². The summed E-state index contributed by atoms with van der Waals surface area (Å²) in [5, 5.41) is 0. The predicted octanol–water partition coefficient (Wildman–Crippen LogP) is 3.54. The molecule has 1 aliphatic heterocycles. The minimum absolute atomic E-state index is 0.0415. The number of benzene rings is 1. The Morgan fingerprint density at radius 1 is 0.920 bits per heavy atom. The molecular formula is C21H30N2O2. The van der Waals surface area contributed by atoms with Crippen LogP contribution in [0.4, 0.5) is 0 Å². The molecule has 0 atom stereocenters. The van der Waals surface area contributed by atoms with Crippen LogP contribution in [0.1, 0.15) is 51.7 Å². The van der Waals surface area contributed by atoms with Crippen LogP contribution in [-0.4, -0.2) is 47.8 Å². The maximum absolute atomic E-state index is 12.7. The summed E-state index contributed by atoms with van der Waals surface area (Å²) in [6.45, 7) is 12.6. The first-order chi connectivity index (χ1) is 11.8. The summed E-state index contributed by atoms with van der Waals surface area (Å²) in [5.74, 6) is 0.891. The van der Waals surface area contributed by atoms with Crippen LogP contribution in [0, 0.1) is 5.92 Å². The molecule has 0 unspecified atom stereocenters. The Labute approximate surface area is 151 Å². The van der Waals surface area contributed by atoms with E-state index in [4.69, 9.17) is 0 Å². The van der Waals surface area contributed by atoms with E-state index in [1.54, 1.807) is 17.9 Å². The van der Waals surface area contributed by atoms with E-state index >= 15 is 0 Å². The highest BCUT2D eigenvalue weighted by Gasteiger charge is 2.22. The number of carbonyl (C=O) groups is 2. The Morgan fingerprint density at radius 3 is 1.88 bits per heavy atom. The number of rotatable bonds is 4. The van der Waals surface area contributed by atoms with Gasteiger partial charge in [0.05, 0.1) is 0 Å². The van der Waals surface area contributed by atoms with Crippen molar-refractivity contribution in [3.63, 3.8) is 0 Å². The Morgan fingerprint density at radius 2 is 1.44 bits per heavy atom. The van der Waals surface area contributed by atoms with Gasteiger partial charge >= 0.3 is 0 Å². The van der Waals surface area contributed by atoms with Gasteiger partial charge in [-0.3, -0.25) is 9.59 Å². The fourth-order valence-corrected chi connectivity index (χ4v) is 3.11. The average Bonchev–Trinajstić information content (AvgIpc) is 2.59. The summed E-state index contributed by atoms with van der Waals surface area (Å²) in [4.78, 5) is 27.7. The Hall–Kier alpha value is -2.10. The van der Waals surface area contributed by atoms with Gasteiger partial charge in [-0.2, -0.15) is 0 Å². The lowest BCUT2D eigenvalue weighted by Gasteiger charge is -2.33. The van der Waals surface area contributed by atoms with Gasteiger partial charge in [0.1, 0.15) is 0 Å². The number of carbonyl (C=O) groups excluding carboxylic acids is 2. The summed E-state index contributed by atoms with van der Waals surface area (Å²) in [5.41, 5.74) is 3.47. The quantitative estimate of drug-likeness (QED) is 0.785. The molecule has 4 heteroatoms. The van der Waals surface area contributed by atoms with Crippen molar-refractivity contribution in [3.05, 3.63) is 41.5 Å². The molecule has 1 fully saturated rings. The fourth-order valence-electron chi connectivity index (χ4n) is 3.11. The van der Waals surface area contributed by atoms with Crippen molar-refractivity contribution in [3.8, 4) is 0 Å². The van der Waals surface area contributed by atoms with Crippen molar-refractivity contribution in [2.75, 3.05) is 26.2 Å². The van der Waals surface area contributed by atoms with Crippen LogP contribution >= 0.6 is 0 Å². The van der Waals surface area contributed by atoms with Crippen LogP contribution in [0.15, 0.2) is 30.3 Å². The molecule has 1 heterocycles. The zero-order valence-corrected chi connectivity index (χ0v) is 16.1. The number of nitrogens with zero attached hydrogens (tertiary/aromatic N) is 2. The highest BCUT2D eigenvalue weighted by Crippen LogP contribution is 2.25. The second kappa shape index (κ2) is 8.32. The molecule has 136 valence electrons. The Balaban J connectivity index is 2.14. The molecule has 2 amide bonds. The molecule has 0 N–H and O–H groups in total. The summed E-state index contributed by atoms with van der Waals surface area (Å²) < 4.78 is 0. The third kappa shape index (κ3) is 4.94. The number of allylic oxidation sites excluding steroid dienone is 1. The van der Waals surface area contributed by atoms with Gasteiger partial charge in [-0.1, -0.05) is 52.0 Å². The lowest BCUT2D eigenvalue weighted by molar-refractivity contribution is -0.135. The first kappa shape index (κ1) is 19.2. The molecule has 0 bridgehead atoms. The number of piperazine rings is 1. The zero-order chi connectivity index (χ0) is 18.6. The SMILES string of the molecule is CC(=O)N1CCN(C(=O)/C=C(/c2ccc(C(C)C)cc2)C(C)C)CC1. The second-order valence-electron chi connectivity index (χ2n) is 7.36. The van der Waals surface area contributed by atoms with Crippen molar-refractivity contribution < 1.29 is 9.59 Å². The predicted molar refractivity (Wildman–Crippen MR) is 102 cm³/mol. The summed E-state index contributed by atoms with van der Waals surface area (Å²) in [6.07, 6.45) is 1.78. The van der Waals surface area contributed by atoms with Crippen molar-refractivity contribution in [2.45, 2.75) is 40.5 Å². The molecule has 4 nitrogen and oxygen atoms in total. The monoisotopic (exact) mass is 342 g/mol. The lowest BCUT2D eigenvalue weighted by atomic mass is 9.92. The van der Waals surface area contributed by atoms with Gasteiger partial charge in [0.15, 0.2) is 0 Å². The van der Waals surface area contributed by atoms with Gasteiger partial charge in [-0.05, 0) is 28.5 Å². The van der Waals surface area contributed by atoms with Crippen LogP contribution in [0.5, 0.6) is 0 Å². The zero-order valence-electron chi connectivity index (χ0n) is 16.1. The summed E-state index contributed by atoms with van der Waals surface area (Å²) in [7, 11) is 0. The lowest BCUT2D eigenvalue weighted by Crippen LogP contribution is -2.49. The molecule has 0 spiro atoms. The normalized spacial score (nSPS) is 15.9. The molecule has 0 saturated carbocycles. The number of hydrogen-bond acceptors (Lipinski definition) is 2. The van der Waals surface area contributed by atoms with Crippen molar-refractivity contribution in [2.24, 2.45) is 5.92 Å². The molecule has 2 rings (SSSR count). The van der Waals surface area contributed by atoms with Gasteiger partial charge in [-0.15, -0.1) is 0 Å². The average molecular weight is 342 g/mol. The van der Waals surface area contributed by atoms with Gasteiger partial charge in [0.2, 0.25) is 11.8 Å². The van der Waals surface area contributed by atoms with Crippen LogP contribution in [0.3, 0.4) is 0 Å². The maximum Gasteiger partial charge on any atom is 0.246 e. The topological polar surface area (TPSA) is 40.6 Å². The van der Waals surface area contributed by atoms with Crippen LogP contribution < -0.4 is 0 Å². The minimum Gasteiger partial charge on any atom is -0.339 e. The van der Waals surface area contributed by atoms with Gasteiger partial charge < -0.3 is 9.80 Å². The highest BCUT2D eigenvalue weighted by molar-refractivity contribution is 5.95. The molecule has 0 aromatic heterocycles. The Kier molecular flexibility index (Phi) is 6.40. The van der Waals surface area contributed by atoms with Crippen LogP contribution in [-0.2, 0) is 9.59 Å². The smallest absolute Gasteiger partial charge is 0.246 e. The molecule has 1 aromatic rings. The summed E-state index contributed by atoms with van der Waals surface area (Å²) in [6, 6.07) is 8.52. The van der Waals surface area contributed by atoms with E-state index in [-0.39, 0.29) is 17.7 Å². The fraction of sp³-hybridized carbons (Fsp3) is 0.524. The van der Waals surface area contributed by atoms with E-state index in [1.807, 2.05) is 4.90 Å². The molecule has 25 heavy (non-hydrogen) atoms. The van der Waals surface area contributed by atoms with Crippen molar-refractivity contribution in [1.29, 1.82) is 0 Å². The number of hydrogen-bond donors (Lipinski definition) is 0. The second-order valence-corrected chi connectivity index (χ2v) is 7.36. The molecule has 1 saturated heterocycles.